The van der Waals surface area contributed by atoms with Crippen LogP contribution in [0.5, 0.6) is 5.75 Å². The largest absolute Gasteiger partial charge is 0.490 e. The molecule has 0 amide bonds. The van der Waals surface area contributed by atoms with Crippen molar-refractivity contribution < 1.29 is 9.84 Å². The minimum absolute atomic E-state index is 0.113. The van der Waals surface area contributed by atoms with Gasteiger partial charge in [-0.05, 0) is 37.5 Å². The monoisotopic (exact) mass is 233 g/mol. The van der Waals surface area contributed by atoms with Gasteiger partial charge in [0.2, 0.25) is 0 Å². The highest BCUT2D eigenvalue weighted by Crippen LogP contribution is 2.23. The highest BCUT2D eigenvalue weighted by Gasteiger charge is 2.26. The van der Waals surface area contributed by atoms with Crippen LogP contribution in [0.15, 0.2) is 18.2 Å². The van der Waals surface area contributed by atoms with E-state index in [-0.39, 0.29) is 12.5 Å². The first-order valence-electron chi connectivity index (χ1n) is 5.72. The van der Waals surface area contributed by atoms with E-state index in [1.165, 1.54) is 0 Å². The quantitative estimate of drug-likeness (QED) is 0.869. The van der Waals surface area contributed by atoms with Gasteiger partial charge in [0, 0.05) is 0 Å². The van der Waals surface area contributed by atoms with Crippen LogP contribution >= 0.6 is 0 Å². The van der Waals surface area contributed by atoms with Crippen LogP contribution in [0.1, 0.15) is 31.9 Å². The molecule has 0 aliphatic carbocycles. The fraction of sp³-hybridized carbons (Fsp3) is 0.500. The Morgan fingerprint density at radius 2 is 2.12 bits per heavy atom. The number of nitrogens with zero attached hydrogens (tertiary/aromatic N) is 1. The predicted octanol–water partition coefficient (Wildman–Crippen LogP) is 2.65. The van der Waals surface area contributed by atoms with Crippen molar-refractivity contribution in [3.05, 3.63) is 29.3 Å². The van der Waals surface area contributed by atoms with Crippen molar-refractivity contribution in [1.29, 1.82) is 5.26 Å². The Hall–Kier alpha value is -1.53. The summed E-state index contributed by atoms with van der Waals surface area (Å²) in [6, 6.07) is 7.37. The summed E-state index contributed by atoms with van der Waals surface area (Å²) < 4.78 is 5.60. The van der Waals surface area contributed by atoms with Crippen LogP contribution in [0.2, 0.25) is 0 Å². The third kappa shape index (κ3) is 3.47. The van der Waals surface area contributed by atoms with Gasteiger partial charge in [0.05, 0.1) is 17.2 Å². The first-order valence-corrected chi connectivity index (χ1v) is 5.72. The van der Waals surface area contributed by atoms with Gasteiger partial charge >= 0.3 is 0 Å². The normalized spacial score (nSPS) is 14.2. The predicted molar refractivity (Wildman–Crippen MR) is 66.9 cm³/mol. The molecule has 0 aliphatic heterocycles. The number of benzene rings is 1. The SMILES string of the molecule is Cc1ccc(C#N)cc1OCC(C)(O)C(C)C. The molecule has 0 spiro atoms. The molecule has 1 aromatic carbocycles. The van der Waals surface area contributed by atoms with Crippen molar-refractivity contribution >= 4 is 0 Å². The Balaban J connectivity index is 2.79. The van der Waals surface area contributed by atoms with Gasteiger partial charge in [-0.15, -0.1) is 0 Å². The number of aliphatic hydroxyl groups is 1. The number of hydrogen-bond donors (Lipinski definition) is 1. The summed E-state index contributed by atoms with van der Waals surface area (Å²) in [6.07, 6.45) is 0. The smallest absolute Gasteiger partial charge is 0.123 e. The number of ether oxygens (including phenoxy) is 1. The summed E-state index contributed by atoms with van der Waals surface area (Å²) in [5.74, 6) is 0.770. The highest BCUT2D eigenvalue weighted by molar-refractivity contribution is 5.41. The fourth-order valence-corrected chi connectivity index (χ4v) is 1.22. The molecule has 3 nitrogen and oxygen atoms in total. The van der Waals surface area contributed by atoms with E-state index in [1.807, 2.05) is 26.8 Å². The van der Waals surface area contributed by atoms with Crippen LogP contribution in [-0.2, 0) is 0 Å². The average molecular weight is 233 g/mol. The number of hydrogen-bond acceptors (Lipinski definition) is 3. The van der Waals surface area contributed by atoms with Gasteiger partial charge in [-0.3, -0.25) is 0 Å². The van der Waals surface area contributed by atoms with Crippen LogP contribution in [0, 0.1) is 24.2 Å². The first kappa shape index (κ1) is 13.5. The van der Waals surface area contributed by atoms with E-state index in [0.29, 0.717) is 11.3 Å². The zero-order chi connectivity index (χ0) is 13.1. The average Bonchev–Trinajstić information content (AvgIpc) is 2.28. The molecule has 0 radical (unpaired) electrons. The van der Waals surface area contributed by atoms with E-state index in [4.69, 9.17) is 10.00 Å². The molecule has 1 rings (SSSR count). The van der Waals surface area contributed by atoms with Crippen molar-refractivity contribution in [2.45, 2.75) is 33.3 Å². The molecule has 1 N–H and O–H groups in total. The molecule has 0 saturated carbocycles. The Morgan fingerprint density at radius 3 is 2.65 bits per heavy atom. The maximum atomic E-state index is 10.1. The lowest BCUT2D eigenvalue weighted by Crippen LogP contribution is -2.37. The third-order valence-electron chi connectivity index (χ3n) is 3.08. The number of aryl methyl sites for hydroxylation is 1. The topological polar surface area (TPSA) is 53.2 Å². The summed E-state index contributed by atoms with van der Waals surface area (Å²) in [5, 5.41) is 18.9. The van der Waals surface area contributed by atoms with E-state index >= 15 is 0 Å². The van der Waals surface area contributed by atoms with Crippen LogP contribution in [0.25, 0.3) is 0 Å². The van der Waals surface area contributed by atoms with Gasteiger partial charge in [-0.25, -0.2) is 0 Å². The maximum Gasteiger partial charge on any atom is 0.123 e. The van der Waals surface area contributed by atoms with E-state index in [9.17, 15) is 5.11 Å². The van der Waals surface area contributed by atoms with Gasteiger partial charge in [0.1, 0.15) is 12.4 Å². The molecule has 1 unspecified atom stereocenters. The molecule has 0 heterocycles. The zero-order valence-electron chi connectivity index (χ0n) is 10.8. The van der Waals surface area contributed by atoms with Crippen molar-refractivity contribution in [2.75, 3.05) is 6.61 Å². The molecule has 3 heteroatoms. The molecule has 1 aromatic rings. The van der Waals surface area contributed by atoms with Crippen molar-refractivity contribution in [3.8, 4) is 11.8 Å². The van der Waals surface area contributed by atoms with Gasteiger partial charge < -0.3 is 9.84 Å². The summed E-state index contributed by atoms with van der Waals surface area (Å²) in [6.45, 7) is 7.78. The van der Waals surface area contributed by atoms with E-state index in [2.05, 4.69) is 6.07 Å². The Morgan fingerprint density at radius 1 is 1.47 bits per heavy atom. The van der Waals surface area contributed by atoms with Crippen LogP contribution in [0.4, 0.5) is 0 Å². The zero-order valence-corrected chi connectivity index (χ0v) is 10.8. The Bertz CT molecular complexity index is 430. The lowest BCUT2D eigenvalue weighted by Gasteiger charge is -2.27. The standard InChI is InChI=1S/C14H19NO2/c1-10(2)14(4,16)9-17-13-7-12(8-15)6-5-11(13)3/h5-7,10,16H,9H2,1-4H3. The van der Waals surface area contributed by atoms with Crippen molar-refractivity contribution in [3.63, 3.8) is 0 Å². The van der Waals surface area contributed by atoms with Gasteiger partial charge in [0.25, 0.3) is 0 Å². The minimum Gasteiger partial charge on any atom is -0.490 e. The second kappa shape index (κ2) is 5.20. The number of nitriles is 1. The second-order valence-electron chi connectivity index (χ2n) is 4.89. The van der Waals surface area contributed by atoms with Crippen molar-refractivity contribution in [1.82, 2.24) is 0 Å². The summed E-state index contributed by atoms with van der Waals surface area (Å²) >= 11 is 0. The van der Waals surface area contributed by atoms with E-state index in [1.54, 1.807) is 19.1 Å². The van der Waals surface area contributed by atoms with E-state index in [0.717, 1.165) is 5.56 Å². The Labute approximate surface area is 103 Å². The van der Waals surface area contributed by atoms with Crippen molar-refractivity contribution in [2.24, 2.45) is 5.92 Å². The molecule has 0 aromatic heterocycles. The molecule has 0 aliphatic rings. The second-order valence-corrected chi connectivity index (χ2v) is 4.89. The van der Waals surface area contributed by atoms with Gasteiger partial charge in [-0.2, -0.15) is 5.26 Å². The molecule has 0 saturated heterocycles. The summed E-state index contributed by atoms with van der Waals surface area (Å²) in [7, 11) is 0. The van der Waals surface area contributed by atoms with Gasteiger partial charge in [-0.1, -0.05) is 19.9 Å². The van der Waals surface area contributed by atoms with Crippen LogP contribution < -0.4 is 4.74 Å². The number of rotatable bonds is 4. The highest BCUT2D eigenvalue weighted by atomic mass is 16.5. The molecule has 0 bridgehead atoms. The first-order chi connectivity index (χ1) is 7.86. The lowest BCUT2D eigenvalue weighted by molar-refractivity contribution is -0.0268. The molecule has 0 fully saturated rings. The minimum atomic E-state index is -0.866. The molecule has 92 valence electrons. The van der Waals surface area contributed by atoms with Crippen LogP contribution in [0.3, 0.4) is 0 Å². The summed E-state index contributed by atoms with van der Waals surface area (Å²) in [4.78, 5) is 0. The molecule has 17 heavy (non-hydrogen) atoms. The lowest BCUT2D eigenvalue weighted by atomic mass is 9.94. The summed E-state index contributed by atoms with van der Waals surface area (Å²) in [5.41, 5.74) is 0.660. The molecule has 1 atom stereocenters. The fourth-order valence-electron chi connectivity index (χ4n) is 1.22. The molecular weight excluding hydrogens is 214 g/mol. The van der Waals surface area contributed by atoms with Crippen LogP contribution in [-0.4, -0.2) is 17.3 Å². The molecular formula is C14H19NO2. The third-order valence-corrected chi connectivity index (χ3v) is 3.08. The Kier molecular flexibility index (Phi) is 4.14. The maximum absolute atomic E-state index is 10.1. The van der Waals surface area contributed by atoms with Gasteiger partial charge in [0.15, 0.2) is 0 Å². The van der Waals surface area contributed by atoms with E-state index < -0.39 is 5.60 Å².